The first-order valence-electron chi connectivity index (χ1n) is 7.54. The summed E-state index contributed by atoms with van der Waals surface area (Å²) in [6.07, 6.45) is -4.66. The summed E-state index contributed by atoms with van der Waals surface area (Å²) in [5.41, 5.74) is 0.216. The molecule has 0 aromatic heterocycles. The summed E-state index contributed by atoms with van der Waals surface area (Å²) in [5.74, 6) is -2.45. The molecule has 2 rings (SSSR count). The number of benzene rings is 1. The van der Waals surface area contributed by atoms with Gasteiger partial charge in [-0.3, -0.25) is 24.7 Å². The molecule has 0 radical (unpaired) electrons. The number of hydrogen-bond acceptors (Lipinski definition) is 4. The predicted molar refractivity (Wildman–Crippen MR) is 83.0 cm³/mol. The minimum absolute atomic E-state index is 0.216. The summed E-state index contributed by atoms with van der Waals surface area (Å²) in [6, 6.07) is 1.41. The fraction of sp³-hybridized carbons (Fsp3) is 0.333. The van der Waals surface area contributed by atoms with Crippen LogP contribution in [0.15, 0.2) is 24.3 Å². The molecular formula is C15H14F4N4O4. The number of anilines is 1. The van der Waals surface area contributed by atoms with E-state index in [0.717, 1.165) is 17.0 Å². The molecule has 146 valence electrons. The lowest BCUT2D eigenvalue weighted by molar-refractivity contribution is -0.131. The van der Waals surface area contributed by atoms with Gasteiger partial charge in [0.25, 0.3) is 5.91 Å². The molecule has 0 spiro atoms. The summed E-state index contributed by atoms with van der Waals surface area (Å²) in [6.45, 7) is -1.13. The van der Waals surface area contributed by atoms with Crippen LogP contribution in [0.4, 0.5) is 32.8 Å². The van der Waals surface area contributed by atoms with Crippen molar-refractivity contribution in [2.24, 2.45) is 0 Å². The molecule has 1 saturated heterocycles. The van der Waals surface area contributed by atoms with Gasteiger partial charge in [-0.25, -0.2) is 14.0 Å². The van der Waals surface area contributed by atoms with E-state index < -0.39 is 55.0 Å². The lowest BCUT2D eigenvalue weighted by Gasteiger charge is -2.19. The van der Waals surface area contributed by atoms with Crippen LogP contribution < -0.4 is 15.5 Å². The lowest BCUT2D eigenvalue weighted by atomic mass is 10.2. The monoisotopic (exact) mass is 390 g/mol. The number of halogens is 4. The van der Waals surface area contributed by atoms with E-state index >= 15 is 0 Å². The maximum Gasteiger partial charge on any atom is 0.405 e. The van der Waals surface area contributed by atoms with Gasteiger partial charge in [0, 0.05) is 5.69 Å². The summed E-state index contributed by atoms with van der Waals surface area (Å²) in [5, 5.41) is 3.01. The van der Waals surface area contributed by atoms with E-state index in [9.17, 15) is 36.7 Å². The molecule has 1 fully saturated rings. The van der Waals surface area contributed by atoms with Crippen LogP contribution in [0, 0.1) is 5.82 Å². The highest BCUT2D eigenvalue weighted by molar-refractivity contribution is 6.15. The first-order chi connectivity index (χ1) is 12.5. The Labute approximate surface area is 150 Å². The zero-order chi connectivity index (χ0) is 20.4. The molecule has 1 unspecified atom stereocenters. The van der Waals surface area contributed by atoms with Crippen molar-refractivity contribution in [1.82, 2.24) is 15.5 Å². The number of imide groups is 2. The minimum Gasteiger partial charge on any atom is -0.329 e. The highest BCUT2D eigenvalue weighted by Crippen LogP contribution is 2.25. The van der Waals surface area contributed by atoms with Gasteiger partial charge in [0.05, 0.1) is 0 Å². The molecule has 1 atom stereocenters. The zero-order valence-electron chi connectivity index (χ0n) is 13.8. The van der Waals surface area contributed by atoms with Gasteiger partial charge in [-0.15, -0.1) is 0 Å². The molecule has 1 aromatic carbocycles. The molecule has 6 amide bonds. The fourth-order valence-corrected chi connectivity index (χ4v) is 2.34. The van der Waals surface area contributed by atoms with Crippen molar-refractivity contribution < 1.29 is 36.7 Å². The van der Waals surface area contributed by atoms with E-state index in [-0.39, 0.29) is 5.69 Å². The number of nitrogens with one attached hydrogen (secondary N) is 2. The van der Waals surface area contributed by atoms with E-state index in [1.54, 1.807) is 5.32 Å². The van der Waals surface area contributed by atoms with E-state index in [1.165, 1.54) is 24.4 Å². The third-order valence-corrected chi connectivity index (χ3v) is 3.56. The summed E-state index contributed by atoms with van der Waals surface area (Å²) < 4.78 is 49.0. The van der Waals surface area contributed by atoms with Crippen LogP contribution in [-0.2, 0) is 9.59 Å². The first-order valence-corrected chi connectivity index (χ1v) is 7.54. The Hall–Kier alpha value is -3.18. The van der Waals surface area contributed by atoms with Crippen molar-refractivity contribution in [2.75, 3.05) is 18.0 Å². The number of nitrogens with zero attached hydrogens (tertiary/aromatic N) is 2. The number of alkyl halides is 3. The molecule has 1 aliphatic rings. The van der Waals surface area contributed by atoms with Crippen molar-refractivity contribution >= 4 is 29.6 Å². The van der Waals surface area contributed by atoms with Gasteiger partial charge in [-0.2, -0.15) is 13.2 Å². The largest absolute Gasteiger partial charge is 0.405 e. The van der Waals surface area contributed by atoms with Crippen molar-refractivity contribution in [2.45, 2.75) is 19.1 Å². The smallest absolute Gasteiger partial charge is 0.329 e. The van der Waals surface area contributed by atoms with Crippen LogP contribution in [-0.4, -0.2) is 54.1 Å². The third kappa shape index (κ3) is 4.92. The molecule has 0 bridgehead atoms. The molecule has 0 aliphatic carbocycles. The highest BCUT2D eigenvalue weighted by Gasteiger charge is 2.44. The van der Waals surface area contributed by atoms with Gasteiger partial charge in [0.15, 0.2) is 0 Å². The van der Waals surface area contributed by atoms with Gasteiger partial charge in [-0.1, -0.05) is 0 Å². The fourth-order valence-electron chi connectivity index (χ4n) is 2.34. The van der Waals surface area contributed by atoms with Crippen LogP contribution in [0.2, 0.25) is 0 Å². The molecule has 27 heavy (non-hydrogen) atoms. The van der Waals surface area contributed by atoms with Crippen molar-refractivity contribution in [1.29, 1.82) is 0 Å². The zero-order valence-corrected chi connectivity index (χ0v) is 13.8. The molecule has 0 saturated carbocycles. The maximum absolute atomic E-state index is 13.0. The van der Waals surface area contributed by atoms with E-state index in [0.29, 0.717) is 4.90 Å². The van der Waals surface area contributed by atoms with E-state index in [4.69, 9.17) is 0 Å². The van der Waals surface area contributed by atoms with E-state index in [2.05, 4.69) is 0 Å². The second-order valence-electron chi connectivity index (χ2n) is 5.58. The van der Waals surface area contributed by atoms with Crippen LogP contribution in [0.25, 0.3) is 0 Å². The number of urea groups is 2. The molecule has 1 heterocycles. The third-order valence-electron chi connectivity index (χ3n) is 3.56. The SMILES string of the molecule is CC1C(=O)N(CC(=O)NC(=O)NCC(F)(F)F)C(=O)N1c1ccc(F)cc1. The lowest BCUT2D eigenvalue weighted by Crippen LogP contribution is -2.48. The highest BCUT2D eigenvalue weighted by atomic mass is 19.4. The molecular weight excluding hydrogens is 376 g/mol. The number of rotatable bonds is 4. The predicted octanol–water partition coefficient (Wildman–Crippen LogP) is 1.37. The Morgan fingerprint density at radius 3 is 2.30 bits per heavy atom. The van der Waals surface area contributed by atoms with Crippen molar-refractivity contribution in [3.8, 4) is 0 Å². The van der Waals surface area contributed by atoms with Crippen LogP contribution in [0.5, 0.6) is 0 Å². The summed E-state index contributed by atoms with van der Waals surface area (Å²) >= 11 is 0. The number of hydrogen-bond donors (Lipinski definition) is 2. The first kappa shape index (κ1) is 20.1. The van der Waals surface area contributed by atoms with E-state index in [1.807, 2.05) is 0 Å². The van der Waals surface area contributed by atoms with Gasteiger partial charge < -0.3 is 5.32 Å². The van der Waals surface area contributed by atoms with Crippen LogP contribution >= 0.6 is 0 Å². The van der Waals surface area contributed by atoms with Gasteiger partial charge in [0.1, 0.15) is 24.9 Å². The molecule has 2 N–H and O–H groups in total. The molecule has 1 aliphatic heterocycles. The van der Waals surface area contributed by atoms with Crippen LogP contribution in [0.3, 0.4) is 0 Å². The minimum atomic E-state index is -4.66. The Morgan fingerprint density at radius 1 is 1.15 bits per heavy atom. The average molecular weight is 390 g/mol. The normalized spacial score (nSPS) is 17.3. The number of amides is 6. The Bertz CT molecular complexity index is 766. The number of carbonyl (C=O) groups excluding carboxylic acids is 4. The quantitative estimate of drug-likeness (QED) is 0.599. The maximum atomic E-state index is 13.0. The van der Waals surface area contributed by atoms with Crippen molar-refractivity contribution in [3.05, 3.63) is 30.1 Å². The number of carbonyl (C=O) groups is 4. The second kappa shape index (κ2) is 7.60. The summed E-state index contributed by atoms with van der Waals surface area (Å²) in [4.78, 5) is 49.2. The van der Waals surface area contributed by atoms with Crippen LogP contribution in [0.1, 0.15) is 6.92 Å². The molecule has 8 nitrogen and oxygen atoms in total. The molecule has 1 aromatic rings. The van der Waals surface area contributed by atoms with Gasteiger partial charge >= 0.3 is 18.2 Å². The van der Waals surface area contributed by atoms with Gasteiger partial charge in [0.2, 0.25) is 5.91 Å². The Balaban J connectivity index is 2.01. The second-order valence-corrected chi connectivity index (χ2v) is 5.58. The Kier molecular flexibility index (Phi) is 5.66. The Morgan fingerprint density at radius 2 is 1.74 bits per heavy atom. The van der Waals surface area contributed by atoms with Crippen molar-refractivity contribution in [3.63, 3.8) is 0 Å². The topological polar surface area (TPSA) is 98.8 Å². The summed E-state index contributed by atoms with van der Waals surface area (Å²) in [7, 11) is 0. The average Bonchev–Trinajstić information content (AvgIpc) is 2.77. The molecule has 12 heteroatoms. The van der Waals surface area contributed by atoms with Gasteiger partial charge in [-0.05, 0) is 31.2 Å². The standard InChI is InChI=1S/C15H14F4N4O4/c1-8-12(25)22(6-11(24)21-13(26)20-7-15(17,18)19)14(27)23(8)10-4-2-9(16)3-5-10/h2-5,8H,6-7H2,1H3,(H2,20,21,24,26).